The van der Waals surface area contributed by atoms with Crippen molar-refractivity contribution < 1.29 is 4.42 Å². The van der Waals surface area contributed by atoms with Gasteiger partial charge in [0.15, 0.2) is 0 Å². The van der Waals surface area contributed by atoms with E-state index in [9.17, 15) is 0 Å². The van der Waals surface area contributed by atoms with Crippen molar-refractivity contribution in [3.63, 3.8) is 0 Å². The molecule has 114 valence electrons. The van der Waals surface area contributed by atoms with Crippen molar-refractivity contribution >= 4 is 0 Å². The molecule has 0 radical (unpaired) electrons. The van der Waals surface area contributed by atoms with Crippen LogP contribution in [0.3, 0.4) is 0 Å². The second-order valence-corrected chi connectivity index (χ2v) is 6.26. The minimum Gasteiger partial charge on any atom is -0.468 e. The van der Waals surface area contributed by atoms with Gasteiger partial charge in [-0.15, -0.1) is 0 Å². The summed E-state index contributed by atoms with van der Waals surface area (Å²) in [5.74, 6) is 1.10. The predicted octanol–water partition coefficient (Wildman–Crippen LogP) is 3.93. The lowest BCUT2D eigenvalue weighted by molar-refractivity contribution is 0.155. The average molecular weight is 278 g/mol. The zero-order valence-corrected chi connectivity index (χ0v) is 13.3. The Morgan fingerprint density at radius 1 is 1.30 bits per heavy atom. The van der Waals surface area contributed by atoms with Crippen LogP contribution < -0.4 is 5.32 Å². The van der Waals surface area contributed by atoms with Gasteiger partial charge in [-0.2, -0.15) is 0 Å². The number of furan rings is 1. The van der Waals surface area contributed by atoms with Gasteiger partial charge in [0.1, 0.15) is 5.76 Å². The van der Waals surface area contributed by atoms with E-state index in [-0.39, 0.29) is 0 Å². The molecule has 0 aromatic carbocycles. The quantitative estimate of drug-likeness (QED) is 0.819. The normalized spacial score (nSPS) is 17.2. The van der Waals surface area contributed by atoms with Crippen LogP contribution in [-0.2, 0) is 13.1 Å². The van der Waals surface area contributed by atoms with E-state index in [1.54, 1.807) is 0 Å². The SMILES string of the molecule is CCN(Cc1ccoc1CNC(C)C)C1CCCCC1. The molecule has 2 rings (SSSR count). The lowest BCUT2D eigenvalue weighted by Gasteiger charge is -2.33. The fraction of sp³-hybridized carbons (Fsp3) is 0.765. The third kappa shape index (κ3) is 4.35. The molecule has 1 aliphatic carbocycles. The number of hydrogen-bond acceptors (Lipinski definition) is 3. The zero-order chi connectivity index (χ0) is 14.4. The molecule has 1 fully saturated rings. The number of hydrogen-bond donors (Lipinski definition) is 1. The summed E-state index contributed by atoms with van der Waals surface area (Å²) in [6.45, 7) is 9.62. The van der Waals surface area contributed by atoms with E-state index >= 15 is 0 Å². The fourth-order valence-corrected chi connectivity index (χ4v) is 3.12. The average Bonchev–Trinajstić information content (AvgIpc) is 2.90. The molecule has 1 N–H and O–H groups in total. The first-order chi connectivity index (χ1) is 9.70. The summed E-state index contributed by atoms with van der Waals surface area (Å²) in [6.07, 6.45) is 8.78. The highest BCUT2D eigenvalue weighted by molar-refractivity contribution is 5.17. The summed E-state index contributed by atoms with van der Waals surface area (Å²) < 4.78 is 5.66. The molecule has 1 aromatic rings. The maximum absolute atomic E-state index is 5.66. The van der Waals surface area contributed by atoms with Crippen molar-refractivity contribution in [3.8, 4) is 0 Å². The molecule has 3 nitrogen and oxygen atoms in total. The van der Waals surface area contributed by atoms with Crippen molar-refractivity contribution in [1.29, 1.82) is 0 Å². The van der Waals surface area contributed by atoms with E-state index in [1.165, 1.54) is 37.7 Å². The Labute approximate surface area is 123 Å². The van der Waals surface area contributed by atoms with Gasteiger partial charge in [-0.05, 0) is 25.5 Å². The molecule has 1 saturated carbocycles. The van der Waals surface area contributed by atoms with Crippen LogP contribution in [0.4, 0.5) is 0 Å². The summed E-state index contributed by atoms with van der Waals surface area (Å²) >= 11 is 0. The van der Waals surface area contributed by atoms with Gasteiger partial charge in [0, 0.05) is 24.2 Å². The van der Waals surface area contributed by atoms with Gasteiger partial charge in [-0.3, -0.25) is 4.90 Å². The van der Waals surface area contributed by atoms with Crippen molar-refractivity contribution in [2.75, 3.05) is 6.54 Å². The minimum absolute atomic E-state index is 0.494. The van der Waals surface area contributed by atoms with Gasteiger partial charge >= 0.3 is 0 Å². The molecular weight excluding hydrogens is 248 g/mol. The Morgan fingerprint density at radius 2 is 2.05 bits per heavy atom. The van der Waals surface area contributed by atoms with Gasteiger partial charge in [-0.25, -0.2) is 0 Å². The van der Waals surface area contributed by atoms with Gasteiger partial charge < -0.3 is 9.73 Å². The second-order valence-electron chi connectivity index (χ2n) is 6.26. The molecule has 20 heavy (non-hydrogen) atoms. The maximum Gasteiger partial charge on any atom is 0.122 e. The molecule has 1 aliphatic rings. The van der Waals surface area contributed by atoms with Crippen LogP contribution in [0.1, 0.15) is 64.2 Å². The fourth-order valence-electron chi connectivity index (χ4n) is 3.12. The summed E-state index contributed by atoms with van der Waals surface area (Å²) in [5.41, 5.74) is 1.35. The monoisotopic (exact) mass is 278 g/mol. The first kappa shape index (κ1) is 15.6. The topological polar surface area (TPSA) is 28.4 Å². The molecule has 0 bridgehead atoms. The molecule has 0 unspecified atom stereocenters. The van der Waals surface area contributed by atoms with Crippen LogP contribution >= 0.6 is 0 Å². The highest BCUT2D eigenvalue weighted by Crippen LogP contribution is 2.24. The molecule has 0 aliphatic heterocycles. The molecule has 1 heterocycles. The Bertz CT molecular complexity index is 380. The third-order valence-electron chi connectivity index (χ3n) is 4.38. The van der Waals surface area contributed by atoms with Gasteiger partial charge in [0.25, 0.3) is 0 Å². The lowest BCUT2D eigenvalue weighted by Crippen LogP contribution is -2.36. The summed E-state index contributed by atoms with van der Waals surface area (Å²) in [7, 11) is 0. The Balaban J connectivity index is 1.94. The molecule has 1 aromatic heterocycles. The number of nitrogens with zero attached hydrogens (tertiary/aromatic N) is 1. The molecule has 0 saturated heterocycles. The lowest BCUT2D eigenvalue weighted by atomic mass is 9.94. The molecule has 0 spiro atoms. The molecule has 0 amide bonds. The van der Waals surface area contributed by atoms with Crippen molar-refractivity contribution in [2.24, 2.45) is 0 Å². The van der Waals surface area contributed by atoms with Crippen LogP contribution in [0.25, 0.3) is 0 Å². The van der Waals surface area contributed by atoms with Gasteiger partial charge in [0.05, 0.1) is 12.8 Å². The van der Waals surface area contributed by atoms with E-state index in [1.807, 2.05) is 6.26 Å². The van der Waals surface area contributed by atoms with E-state index in [0.717, 1.165) is 31.4 Å². The predicted molar refractivity (Wildman–Crippen MR) is 83.6 cm³/mol. The molecule has 0 atom stereocenters. The molecular formula is C17H30N2O. The summed E-state index contributed by atoms with van der Waals surface area (Å²) in [5, 5.41) is 3.45. The Morgan fingerprint density at radius 3 is 2.70 bits per heavy atom. The Kier molecular flexibility index (Phi) is 6.11. The number of nitrogens with one attached hydrogen (secondary N) is 1. The van der Waals surface area contributed by atoms with Crippen LogP contribution in [0.2, 0.25) is 0 Å². The standard InChI is InChI=1S/C17H30N2O/c1-4-19(16-8-6-5-7-9-16)13-15-10-11-20-17(15)12-18-14(2)3/h10-11,14,16,18H,4-9,12-13H2,1-3H3. The largest absolute Gasteiger partial charge is 0.468 e. The van der Waals surface area contributed by atoms with Crippen LogP contribution in [0.5, 0.6) is 0 Å². The minimum atomic E-state index is 0.494. The second kappa shape index (κ2) is 7.84. The van der Waals surface area contributed by atoms with E-state index in [0.29, 0.717) is 6.04 Å². The zero-order valence-electron chi connectivity index (χ0n) is 13.3. The van der Waals surface area contributed by atoms with Crippen LogP contribution in [-0.4, -0.2) is 23.5 Å². The van der Waals surface area contributed by atoms with E-state index < -0.39 is 0 Å². The first-order valence-electron chi connectivity index (χ1n) is 8.23. The van der Waals surface area contributed by atoms with Crippen molar-refractivity contribution in [2.45, 2.75) is 78.0 Å². The maximum atomic E-state index is 5.66. The van der Waals surface area contributed by atoms with Crippen LogP contribution in [0, 0.1) is 0 Å². The van der Waals surface area contributed by atoms with Crippen molar-refractivity contribution in [3.05, 3.63) is 23.7 Å². The van der Waals surface area contributed by atoms with Gasteiger partial charge in [0.2, 0.25) is 0 Å². The third-order valence-corrected chi connectivity index (χ3v) is 4.38. The van der Waals surface area contributed by atoms with Gasteiger partial charge in [-0.1, -0.05) is 40.0 Å². The highest BCUT2D eigenvalue weighted by atomic mass is 16.3. The Hall–Kier alpha value is -0.800. The van der Waals surface area contributed by atoms with E-state index in [4.69, 9.17) is 4.42 Å². The van der Waals surface area contributed by atoms with E-state index in [2.05, 4.69) is 37.1 Å². The highest BCUT2D eigenvalue weighted by Gasteiger charge is 2.21. The first-order valence-corrected chi connectivity index (χ1v) is 8.23. The summed E-state index contributed by atoms with van der Waals surface area (Å²) in [6, 6.07) is 3.41. The van der Waals surface area contributed by atoms with Crippen LogP contribution in [0.15, 0.2) is 16.7 Å². The molecule has 3 heteroatoms. The number of rotatable bonds is 7. The van der Waals surface area contributed by atoms with Crippen molar-refractivity contribution in [1.82, 2.24) is 10.2 Å². The summed E-state index contributed by atoms with van der Waals surface area (Å²) in [4.78, 5) is 2.63. The smallest absolute Gasteiger partial charge is 0.122 e.